The van der Waals surface area contributed by atoms with Crippen molar-refractivity contribution in [1.82, 2.24) is 5.32 Å². The van der Waals surface area contributed by atoms with E-state index in [0.29, 0.717) is 11.5 Å². The monoisotopic (exact) mass is 253 g/mol. The molecule has 2 atom stereocenters. The molecule has 18 heavy (non-hydrogen) atoms. The summed E-state index contributed by atoms with van der Waals surface area (Å²) < 4.78 is 18.8. The zero-order valence-electron chi connectivity index (χ0n) is 11.8. The molecule has 0 bridgehead atoms. The van der Waals surface area contributed by atoms with Gasteiger partial charge in [0, 0.05) is 19.8 Å². The van der Waals surface area contributed by atoms with Gasteiger partial charge in [0.25, 0.3) is 0 Å². The number of nitrogens with one attached hydrogen (secondary N) is 1. The molecule has 2 nitrogen and oxygen atoms in total. The second-order valence-electron chi connectivity index (χ2n) is 4.80. The molecule has 0 aliphatic carbocycles. The Bertz CT molecular complexity index is 368. The van der Waals surface area contributed by atoms with E-state index in [4.69, 9.17) is 4.74 Å². The Morgan fingerprint density at radius 2 is 2.11 bits per heavy atom. The lowest BCUT2D eigenvalue weighted by Gasteiger charge is -2.25. The summed E-state index contributed by atoms with van der Waals surface area (Å²) in [6.45, 7) is 7.63. The number of hydrogen-bond acceptors (Lipinski definition) is 2. The molecule has 0 heterocycles. The topological polar surface area (TPSA) is 21.3 Å². The molecule has 2 unspecified atom stereocenters. The van der Waals surface area contributed by atoms with Gasteiger partial charge in [-0.3, -0.25) is 0 Å². The van der Waals surface area contributed by atoms with Crippen LogP contribution in [0.3, 0.4) is 0 Å². The molecular formula is C15H24FNO. The number of hydrogen-bond donors (Lipinski definition) is 1. The highest BCUT2D eigenvalue weighted by Crippen LogP contribution is 2.25. The first-order chi connectivity index (χ1) is 8.60. The average molecular weight is 253 g/mol. The third-order valence-electron chi connectivity index (χ3n) is 3.33. The van der Waals surface area contributed by atoms with Gasteiger partial charge in [-0.25, -0.2) is 4.39 Å². The van der Waals surface area contributed by atoms with Gasteiger partial charge < -0.3 is 10.1 Å². The molecule has 1 aromatic rings. The van der Waals surface area contributed by atoms with Gasteiger partial charge in [-0.1, -0.05) is 26.0 Å². The maximum Gasteiger partial charge on any atom is 0.126 e. The fourth-order valence-electron chi connectivity index (χ4n) is 2.14. The lowest BCUT2D eigenvalue weighted by molar-refractivity contribution is 0.170. The third kappa shape index (κ3) is 4.07. The molecule has 1 rings (SSSR count). The van der Waals surface area contributed by atoms with Gasteiger partial charge in [-0.2, -0.15) is 0 Å². The fourth-order valence-corrected chi connectivity index (χ4v) is 2.14. The van der Waals surface area contributed by atoms with Crippen LogP contribution in [0.25, 0.3) is 0 Å². The second-order valence-corrected chi connectivity index (χ2v) is 4.80. The van der Waals surface area contributed by atoms with Crippen LogP contribution in [0.1, 0.15) is 37.4 Å². The Morgan fingerprint density at radius 1 is 1.39 bits per heavy atom. The van der Waals surface area contributed by atoms with E-state index in [9.17, 15) is 4.39 Å². The summed E-state index contributed by atoms with van der Waals surface area (Å²) in [4.78, 5) is 0. The minimum absolute atomic E-state index is 0.130. The van der Waals surface area contributed by atoms with Crippen molar-refractivity contribution in [3.63, 3.8) is 0 Å². The number of benzene rings is 1. The van der Waals surface area contributed by atoms with Crippen molar-refractivity contribution in [2.75, 3.05) is 20.3 Å². The molecule has 0 spiro atoms. The van der Waals surface area contributed by atoms with Gasteiger partial charge in [0.15, 0.2) is 0 Å². The Kier molecular flexibility index (Phi) is 6.30. The summed E-state index contributed by atoms with van der Waals surface area (Å²) in [5, 5.41) is 3.43. The molecule has 0 amide bonds. The molecule has 0 aliphatic heterocycles. The number of ether oxygens (including phenoxy) is 1. The zero-order chi connectivity index (χ0) is 13.5. The van der Waals surface area contributed by atoms with Crippen LogP contribution in [-0.2, 0) is 4.74 Å². The summed E-state index contributed by atoms with van der Waals surface area (Å²) in [5.41, 5.74) is 1.71. The number of halogens is 1. The maximum atomic E-state index is 13.6. The van der Waals surface area contributed by atoms with Crippen molar-refractivity contribution in [2.45, 2.75) is 33.2 Å². The van der Waals surface area contributed by atoms with Gasteiger partial charge in [-0.15, -0.1) is 0 Å². The molecule has 0 saturated heterocycles. The Labute approximate surface area is 110 Å². The lowest BCUT2D eigenvalue weighted by atomic mass is 9.91. The van der Waals surface area contributed by atoms with E-state index in [2.05, 4.69) is 19.2 Å². The number of aryl methyl sites for hydroxylation is 1. The van der Waals surface area contributed by atoms with E-state index in [1.54, 1.807) is 20.1 Å². The van der Waals surface area contributed by atoms with Gasteiger partial charge in [-0.05, 0) is 43.0 Å². The van der Waals surface area contributed by atoms with Crippen LogP contribution in [0.5, 0.6) is 0 Å². The summed E-state index contributed by atoms with van der Waals surface area (Å²) in [7, 11) is 1.71. The highest BCUT2D eigenvalue weighted by Gasteiger charge is 2.18. The van der Waals surface area contributed by atoms with Gasteiger partial charge in [0.2, 0.25) is 0 Å². The van der Waals surface area contributed by atoms with E-state index in [1.807, 2.05) is 12.1 Å². The number of methoxy groups -OCH3 is 1. The summed E-state index contributed by atoms with van der Waals surface area (Å²) >= 11 is 0. The minimum atomic E-state index is -0.130. The molecular weight excluding hydrogens is 229 g/mol. The van der Waals surface area contributed by atoms with Crippen LogP contribution < -0.4 is 5.32 Å². The normalized spacial score (nSPS) is 14.5. The van der Waals surface area contributed by atoms with Crippen LogP contribution in [0.2, 0.25) is 0 Å². The van der Waals surface area contributed by atoms with E-state index >= 15 is 0 Å². The minimum Gasteiger partial charge on any atom is -0.385 e. The smallest absolute Gasteiger partial charge is 0.126 e. The van der Waals surface area contributed by atoms with Crippen molar-refractivity contribution >= 4 is 0 Å². The van der Waals surface area contributed by atoms with Crippen LogP contribution in [0.15, 0.2) is 18.2 Å². The van der Waals surface area contributed by atoms with Crippen molar-refractivity contribution in [1.29, 1.82) is 0 Å². The SMILES string of the molecule is CCNC(c1ccc(C)c(F)c1)C(C)CCOC. The van der Waals surface area contributed by atoms with Gasteiger partial charge >= 0.3 is 0 Å². The predicted octanol–water partition coefficient (Wildman–Crippen LogP) is 3.46. The van der Waals surface area contributed by atoms with E-state index in [-0.39, 0.29) is 11.9 Å². The molecule has 0 radical (unpaired) electrons. The fraction of sp³-hybridized carbons (Fsp3) is 0.600. The van der Waals surface area contributed by atoms with E-state index in [1.165, 1.54) is 0 Å². The largest absolute Gasteiger partial charge is 0.385 e. The molecule has 1 aromatic carbocycles. The molecule has 0 saturated carbocycles. The Balaban J connectivity index is 2.85. The van der Waals surface area contributed by atoms with E-state index in [0.717, 1.165) is 25.1 Å². The highest BCUT2D eigenvalue weighted by atomic mass is 19.1. The van der Waals surface area contributed by atoms with Crippen molar-refractivity contribution < 1.29 is 9.13 Å². The third-order valence-corrected chi connectivity index (χ3v) is 3.33. The first-order valence-corrected chi connectivity index (χ1v) is 6.58. The first kappa shape index (κ1) is 15.1. The highest BCUT2D eigenvalue weighted by molar-refractivity contribution is 5.26. The maximum absolute atomic E-state index is 13.6. The molecule has 0 fully saturated rings. The van der Waals surface area contributed by atoms with Crippen molar-refractivity contribution in [2.24, 2.45) is 5.92 Å². The van der Waals surface area contributed by atoms with Crippen LogP contribution >= 0.6 is 0 Å². The quantitative estimate of drug-likeness (QED) is 0.803. The van der Waals surface area contributed by atoms with E-state index < -0.39 is 0 Å². The molecule has 0 aliphatic rings. The zero-order valence-corrected chi connectivity index (χ0v) is 11.8. The summed E-state index contributed by atoms with van der Waals surface area (Å²) in [5.74, 6) is 0.279. The van der Waals surface area contributed by atoms with Crippen molar-refractivity contribution in [3.8, 4) is 0 Å². The van der Waals surface area contributed by atoms with Crippen LogP contribution in [-0.4, -0.2) is 20.3 Å². The molecule has 3 heteroatoms. The van der Waals surface area contributed by atoms with Crippen LogP contribution in [0.4, 0.5) is 4.39 Å². The van der Waals surface area contributed by atoms with Crippen molar-refractivity contribution in [3.05, 3.63) is 35.1 Å². The van der Waals surface area contributed by atoms with Crippen LogP contribution in [0, 0.1) is 18.7 Å². The summed E-state index contributed by atoms with van der Waals surface area (Å²) in [6, 6.07) is 5.68. The predicted molar refractivity (Wildman–Crippen MR) is 73.2 cm³/mol. The molecule has 102 valence electrons. The summed E-state index contributed by atoms with van der Waals surface area (Å²) in [6.07, 6.45) is 0.962. The second kappa shape index (κ2) is 7.49. The average Bonchev–Trinajstić information content (AvgIpc) is 2.36. The molecule has 1 N–H and O–H groups in total. The standard InChI is InChI=1S/C15H24FNO/c1-5-17-15(12(3)8-9-18-4)13-7-6-11(2)14(16)10-13/h6-7,10,12,15,17H,5,8-9H2,1-4H3. The number of rotatable bonds is 7. The molecule has 0 aromatic heterocycles. The Hall–Kier alpha value is -0.930. The van der Waals surface area contributed by atoms with Gasteiger partial charge in [0.05, 0.1) is 0 Å². The lowest BCUT2D eigenvalue weighted by Crippen LogP contribution is -2.27. The van der Waals surface area contributed by atoms with Gasteiger partial charge in [0.1, 0.15) is 5.82 Å². The first-order valence-electron chi connectivity index (χ1n) is 6.58. The Morgan fingerprint density at radius 3 is 2.67 bits per heavy atom.